The summed E-state index contributed by atoms with van der Waals surface area (Å²) in [5, 5.41) is 3.48. The van der Waals surface area contributed by atoms with E-state index in [-0.39, 0.29) is 24.2 Å². The average Bonchev–Trinajstić information content (AvgIpc) is 2.69. The van der Waals surface area contributed by atoms with Crippen LogP contribution >= 0.6 is 0 Å². The summed E-state index contributed by atoms with van der Waals surface area (Å²) >= 11 is 0. The van der Waals surface area contributed by atoms with Gasteiger partial charge in [0.25, 0.3) is 0 Å². The van der Waals surface area contributed by atoms with Crippen molar-refractivity contribution >= 4 is 11.8 Å². The van der Waals surface area contributed by atoms with Crippen LogP contribution in [0, 0.1) is 0 Å². The van der Waals surface area contributed by atoms with Crippen molar-refractivity contribution in [3.8, 4) is 0 Å². The number of hydrogen-bond donors (Lipinski definition) is 1. The van der Waals surface area contributed by atoms with Gasteiger partial charge in [-0.1, -0.05) is 67.6 Å². The van der Waals surface area contributed by atoms with Crippen LogP contribution in [0.2, 0.25) is 0 Å². The molecule has 1 N–H and O–H groups in total. The van der Waals surface area contributed by atoms with Crippen LogP contribution < -0.4 is 5.32 Å². The summed E-state index contributed by atoms with van der Waals surface area (Å²) in [6, 6.07) is 19.6. The van der Waals surface area contributed by atoms with E-state index in [4.69, 9.17) is 4.74 Å². The van der Waals surface area contributed by atoms with Gasteiger partial charge in [0.2, 0.25) is 0 Å². The molecular weight excluding hydrogens is 326 g/mol. The Labute approximate surface area is 155 Å². The van der Waals surface area contributed by atoms with Crippen molar-refractivity contribution in [1.29, 1.82) is 0 Å². The van der Waals surface area contributed by atoms with Crippen molar-refractivity contribution in [2.24, 2.45) is 0 Å². The molecule has 0 radical (unpaired) electrons. The number of ketones is 1. The fraction of sp³-hybridized carbons (Fsp3) is 0.364. The second-order valence-corrected chi connectivity index (χ2v) is 6.14. The number of ether oxygens (including phenoxy) is 1. The van der Waals surface area contributed by atoms with Crippen LogP contribution in [0.3, 0.4) is 0 Å². The average molecular weight is 353 g/mol. The molecule has 0 bridgehead atoms. The summed E-state index contributed by atoms with van der Waals surface area (Å²) in [4.78, 5) is 24.2. The first-order chi connectivity index (χ1) is 12.7. The fourth-order valence-corrected chi connectivity index (χ4v) is 2.96. The summed E-state index contributed by atoms with van der Waals surface area (Å²) in [7, 11) is 0. The summed E-state index contributed by atoms with van der Waals surface area (Å²) in [6.07, 6.45) is 1.09. The van der Waals surface area contributed by atoms with Gasteiger partial charge in [-0.05, 0) is 24.5 Å². The molecule has 26 heavy (non-hydrogen) atoms. The summed E-state index contributed by atoms with van der Waals surface area (Å²) in [5.41, 5.74) is 2.17. The molecule has 0 aliphatic rings. The Balaban J connectivity index is 2.22. The van der Waals surface area contributed by atoms with Crippen LogP contribution in [0.5, 0.6) is 0 Å². The molecule has 4 nitrogen and oxygen atoms in total. The fourth-order valence-electron chi connectivity index (χ4n) is 2.96. The molecule has 0 spiro atoms. The molecule has 2 rings (SSSR count). The lowest BCUT2D eigenvalue weighted by Gasteiger charge is -2.26. The van der Waals surface area contributed by atoms with Crippen LogP contribution in [0.4, 0.5) is 0 Å². The van der Waals surface area contributed by atoms with Gasteiger partial charge >= 0.3 is 5.97 Å². The molecule has 1 unspecified atom stereocenters. The van der Waals surface area contributed by atoms with Crippen molar-refractivity contribution < 1.29 is 14.3 Å². The predicted octanol–water partition coefficient (Wildman–Crippen LogP) is 4.06. The number of Topliss-reactive ketones (excluding diaryl/α,β-unsaturated/α-hetero) is 1. The Hall–Kier alpha value is -2.46. The molecule has 1 atom stereocenters. The van der Waals surface area contributed by atoms with E-state index in [2.05, 4.69) is 5.32 Å². The maximum absolute atomic E-state index is 12.5. The standard InChI is InChI=1S/C22H27NO3/c1-3-20(24)19(15-16-21(25)26-4-2)23-22(17-11-7-5-8-12-17)18-13-9-6-10-14-18/h5-14,19,22-23H,3-4,15-16H2,1-2H3. The van der Waals surface area contributed by atoms with E-state index >= 15 is 0 Å². The normalized spacial score (nSPS) is 12.0. The number of esters is 1. The number of nitrogens with one attached hydrogen (secondary N) is 1. The van der Waals surface area contributed by atoms with Crippen molar-refractivity contribution in [3.05, 3.63) is 71.8 Å². The molecule has 0 aromatic heterocycles. The number of carbonyl (C=O) groups excluding carboxylic acids is 2. The lowest BCUT2D eigenvalue weighted by Crippen LogP contribution is -2.40. The first kappa shape index (κ1) is 19.9. The van der Waals surface area contributed by atoms with Crippen molar-refractivity contribution in [1.82, 2.24) is 5.32 Å². The predicted molar refractivity (Wildman–Crippen MR) is 103 cm³/mol. The highest BCUT2D eigenvalue weighted by Crippen LogP contribution is 2.23. The first-order valence-corrected chi connectivity index (χ1v) is 9.20. The quantitative estimate of drug-likeness (QED) is 0.655. The second-order valence-electron chi connectivity index (χ2n) is 6.14. The Kier molecular flexibility index (Phi) is 8.03. The summed E-state index contributed by atoms with van der Waals surface area (Å²) in [5.74, 6) is -0.162. The van der Waals surface area contributed by atoms with Gasteiger partial charge in [-0.2, -0.15) is 0 Å². The SMILES string of the molecule is CCOC(=O)CCC(NC(c1ccccc1)c1ccccc1)C(=O)CC. The number of rotatable bonds is 10. The molecule has 4 heteroatoms. The molecule has 0 amide bonds. The summed E-state index contributed by atoms with van der Waals surface area (Å²) in [6.45, 7) is 3.99. The van der Waals surface area contributed by atoms with Gasteiger partial charge in [0.1, 0.15) is 5.78 Å². The van der Waals surface area contributed by atoms with E-state index in [0.29, 0.717) is 19.4 Å². The van der Waals surface area contributed by atoms with E-state index in [1.807, 2.05) is 67.6 Å². The minimum atomic E-state index is -0.394. The van der Waals surface area contributed by atoms with E-state index < -0.39 is 6.04 Å². The van der Waals surface area contributed by atoms with Gasteiger partial charge in [-0.15, -0.1) is 0 Å². The third-order valence-corrected chi connectivity index (χ3v) is 4.31. The Morgan fingerprint density at radius 1 is 0.923 bits per heavy atom. The summed E-state index contributed by atoms with van der Waals surface area (Å²) < 4.78 is 5.00. The molecule has 0 heterocycles. The number of carbonyl (C=O) groups is 2. The van der Waals surface area contributed by atoms with Gasteiger partial charge in [-0.25, -0.2) is 0 Å². The molecule has 0 saturated carbocycles. The highest BCUT2D eigenvalue weighted by molar-refractivity contribution is 5.84. The monoisotopic (exact) mass is 353 g/mol. The molecule has 0 saturated heterocycles. The van der Waals surface area contributed by atoms with Crippen LogP contribution in [-0.2, 0) is 14.3 Å². The van der Waals surface area contributed by atoms with Crippen molar-refractivity contribution in [3.63, 3.8) is 0 Å². The van der Waals surface area contributed by atoms with E-state index in [1.165, 1.54) is 0 Å². The van der Waals surface area contributed by atoms with E-state index in [0.717, 1.165) is 11.1 Å². The Morgan fingerprint density at radius 2 is 1.46 bits per heavy atom. The van der Waals surface area contributed by atoms with Crippen LogP contribution in [0.15, 0.2) is 60.7 Å². The van der Waals surface area contributed by atoms with Gasteiger partial charge in [-0.3, -0.25) is 14.9 Å². The molecule has 0 fully saturated rings. The molecule has 2 aromatic carbocycles. The molecular formula is C22H27NO3. The van der Waals surface area contributed by atoms with Crippen molar-refractivity contribution in [2.45, 2.75) is 45.2 Å². The molecule has 0 aliphatic heterocycles. The zero-order valence-corrected chi connectivity index (χ0v) is 15.5. The van der Waals surface area contributed by atoms with Crippen molar-refractivity contribution in [2.75, 3.05) is 6.61 Å². The minimum absolute atomic E-state index is 0.103. The van der Waals surface area contributed by atoms with Crippen LogP contribution in [-0.4, -0.2) is 24.4 Å². The highest BCUT2D eigenvalue weighted by atomic mass is 16.5. The number of hydrogen-bond acceptors (Lipinski definition) is 4. The van der Waals surface area contributed by atoms with Crippen LogP contribution in [0.25, 0.3) is 0 Å². The third kappa shape index (κ3) is 5.81. The Morgan fingerprint density at radius 3 is 1.92 bits per heavy atom. The van der Waals surface area contributed by atoms with Gasteiger partial charge in [0.05, 0.1) is 18.7 Å². The topological polar surface area (TPSA) is 55.4 Å². The van der Waals surface area contributed by atoms with E-state index in [1.54, 1.807) is 6.92 Å². The molecule has 138 valence electrons. The minimum Gasteiger partial charge on any atom is -0.466 e. The third-order valence-electron chi connectivity index (χ3n) is 4.31. The maximum Gasteiger partial charge on any atom is 0.305 e. The molecule has 0 aliphatic carbocycles. The zero-order valence-electron chi connectivity index (χ0n) is 15.5. The number of benzene rings is 2. The smallest absolute Gasteiger partial charge is 0.305 e. The van der Waals surface area contributed by atoms with Gasteiger partial charge in [0, 0.05) is 12.8 Å². The lowest BCUT2D eigenvalue weighted by molar-refractivity contribution is -0.143. The zero-order chi connectivity index (χ0) is 18.8. The largest absolute Gasteiger partial charge is 0.466 e. The van der Waals surface area contributed by atoms with Crippen LogP contribution in [0.1, 0.15) is 50.3 Å². The lowest BCUT2D eigenvalue weighted by atomic mass is 9.95. The maximum atomic E-state index is 12.5. The Bertz CT molecular complexity index is 646. The second kappa shape index (κ2) is 10.5. The molecule has 2 aromatic rings. The van der Waals surface area contributed by atoms with Gasteiger partial charge < -0.3 is 4.74 Å². The first-order valence-electron chi connectivity index (χ1n) is 9.20. The highest BCUT2D eigenvalue weighted by Gasteiger charge is 2.24. The van der Waals surface area contributed by atoms with E-state index in [9.17, 15) is 9.59 Å². The van der Waals surface area contributed by atoms with Gasteiger partial charge in [0.15, 0.2) is 0 Å².